The molecule has 0 saturated heterocycles. The Bertz CT molecular complexity index is 756. The number of rotatable bonds is 0. The van der Waals surface area contributed by atoms with Gasteiger partial charge in [0.25, 0.3) is 11.5 Å². The van der Waals surface area contributed by atoms with Crippen molar-refractivity contribution >= 4 is 5.91 Å². The number of carbonyl (C=O) groups is 1. The van der Waals surface area contributed by atoms with Crippen molar-refractivity contribution in [3.05, 3.63) is 51.3 Å². The Morgan fingerprint density at radius 2 is 1.61 bits per heavy atom. The summed E-state index contributed by atoms with van der Waals surface area (Å²) < 4.78 is 1.15. The normalized spacial score (nSPS) is 12.4. The monoisotopic (exact) mass is 241 g/mol. The van der Waals surface area contributed by atoms with Crippen LogP contribution in [0.5, 0.6) is 5.75 Å². The molecule has 0 aliphatic carbocycles. The van der Waals surface area contributed by atoms with Crippen LogP contribution in [0.3, 0.4) is 0 Å². The second-order valence-electron chi connectivity index (χ2n) is 4.44. The number of hydrogen-bond donors (Lipinski definition) is 1. The minimum absolute atomic E-state index is 0.0317. The van der Waals surface area contributed by atoms with Gasteiger partial charge in [0.1, 0.15) is 5.75 Å². The first-order chi connectivity index (χ1) is 8.54. The first kappa shape index (κ1) is 10.8. The van der Waals surface area contributed by atoms with Crippen LogP contribution in [-0.2, 0) is 0 Å². The third-order valence-corrected chi connectivity index (χ3v) is 3.43. The molecule has 1 N–H and O–H groups in total. The Morgan fingerprint density at radius 1 is 1.00 bits per heavy atom. The smallest absolute Gasteiger partial charge is 0.266 e. The minimum atomic E-state index is -0.450. The number of aromatic nitrogens is 1. The van der Waals surface area contributed by atoms with E-state index in [9.17, 15) is 14.7 Å². The van der Waals surface area contributed by atoms with Gasteiger partial charge in [-0.3, -0.25) is 9.59 Å². The largest absolute Gasteiger partial charge is 0.507 e. The summed E-state index contributed by atoms with van der Waals surface area (Å²) in [6, 6.07) is 7.04. The highest BCUT2D eigenvalue weighted by molar-refractivity contribution is 6.09. The molecule has 0 spiro atoms. The predicted octanol–water partition coefficient (Wildman–Crippen LogP) is 1.84. The average Bonchev–Trinajstić information content (AvgIpc) is 2.68. The summed E-state index contributed by atoms with van der Waals surface area (Å²) in [5.41, 5.74) is 2.02. The van der Waals surface area contributed by atoms with E-state index in [1.165, 1.54) is 6.92 Å². The lowest BCUT2D eigenvalue weighted by Crippen LogP contribution is -2.27. The Balaban J connectivity index is 2.55. The second kappa shape index (κ2) is 3.32. The summed E-state index contributed by atoms with van der Waals surface area (Å²) in [4.78, 5) is 24.3. The molecule has 1 aromatic carbocycles. The van der Waals surface area contributed by atoms with Crippen LogP contribution >= 0.6 is 0 Å². The van der Waals surface area contributed by atoms with Gasteiger partial charge in [-0.15, -0.1) is 0 Å². The molecule has 1 aliphatic heterocycles. The number of carbonyl (C=O) groups excluding carboxylic acids is 1. The van der Waals surface area contributed by atoms with E-state index in [1.54, 1.807) is 25.1 Å². The third kappa shape index (κ3) is 1.09. The van der Waals surface area contributed by atoms with Crippen molar-refractivity contribution in [1.29, 1.82) is 0 Å². The summed E-state index contributed by atoms with van der Waals surface area (Å²) in [5, 5.41) is 9.94. The summed E-state index contributed by atoms with van der Waals surface area (Å²) >= 11 is 0. The third-order valence-electron chi connectivity index (χ3n) is 3.43. The second-order valence-corrected chi connectivity index (χ2v) is 4.44. The fourth-order valence-electron chi connectivity index (χ4n) is 2.44. The topological polar surface area (TPSA) is 59.3 Å². The van der Waals surface area contributed by atoms with E-state index >= 15 is 0 Å². The molecule has 0 fully saturated rings. The van der Waals surface area contributed by atoms with Crippen LogP contribution in [0.25, 0.3) is 11.3 Å². The van der Waals surface area contributed by atoms with Gasteiger partial charge in [-0.1, -0.05) is 18.2 Å². The first-order valence-electron chi connectivity index (χ1n) is 5.63. The highest BCUT2D eigenvalue weighted by Gasteiger charge is 2.31. The standard InChI is InChI=1S/C14H11NO3/c1-7-11-9-5-3-4-6-10(9)14(18)15(11)13(17)8(2)12(7)16/h3-6,16H,1-2H3. The van der Waals surface area contributed by atoms with Gasteiger partial charge in [0, 0.05) is 16.7 Å². The number of aromatic hydroxyl groups is 1. The van der Waals surface area contributed by atoms with Crippen LogP contribution in [0.15, 0.2) is 29.1 Å². The first-order valence-corrected chi connectivity index (χ1v) is 5.63. The molecule has 4 heteroatoms. The maximum atomic E-state index is 12.2. The van der Waals surface area contributed by atoms with Crippen LogP contribution in [0.2, 0.25) is 0 Å². The molecule has 0 amide bonds. The number of pyridine rings is 1. The van der Waals surface area contributed by atoms with Gasteiger partial charge in [-0.25, -0.2) is 4.57 Å². The Morgan fingerprint density at radius 3 is 2.28 bits per heavy atom. The van der Waals surface area contributed by atoms with E-state index in [1.807, 2.05) is 6.07 Å². The molecule has 1 aliphatic rings. The Labute approximate surface area is 103 Å². The Hall–Kier alpha value is -2.36. The minimum Gasteiger partial charge on any atom is -0.507 e. The summed E-state index contributed by atoms with van der Waals surface area (Å²) in [7, 11) is 0. The molecule has 0 unspecified atom stereocenters. The van der Waals surface area contributed by atoms with E-state index in [2.05, 4.69) is 0 Å². The molecule has 18 heavy (non-hydrogen) atoms. The van der Waals surface area contributed by atoms with Crippen LogP contribution in [-0.4, -0.2) is 15.6 Å². The molecule has 0 radical (unpaired) electrons. The molecule has 90 valence electrons. The maximum Gasteiger partial charge on any atom is 0.266 e. The lowest BCUT2D eigenvalue weighted by atomic mass is 10.0. The fraction of sp³-hybridized carbons (Fsp3) is 0.143. The van der Waals surface area contributed by atoms with E-state index in [0.29, 0.717) is 22.4 Å². The van der Waals surface area contributed by atoms with Crippen LogP contribution in [0.4, 0.5) is 0 Å². The number of fused-ring (bicyclic) bond motifs is 3. The zero-order chi connectivity index (χ0) is 13.0. The van der Waals surface area contributed by atoms with Crippen molar-refractivity contribution in [3.63, 3.8) is 0 Å². The van der Waals surface area contributed by atoms with Crippen molar-refractivity contribution in [2.45, 2.75) is 13.8 Å². The summed E-state index contributed by atoms with van der Waals surface area (Å²) in [6.07, 6.45) is 0. The number of benzene rings is 1. The highest BCUT2D eigenvalue weighted by Crippen LogP contribution is 2.36. The van der Waals surface area contributed by atoms with Gasteiger partial charge in [-0.2, -0.15) is 0 Å². The van der Waals surface area contributed by atoms with Gasteiger partial charge in [-0.05, 0) is 19.9 Å². The molecule has 2 aromatic rings. The van der Waals surface area contributed by atoms with Crippen molar-refractivity contribution in [2.75, 3.05) is 0 Å². The van der Waals surface area contributed by atoms with E-state index in [4.69, 9.17) is 0 Å². The molecule has 0 saturated carbocycles. The zero-order valence-electron chi connectivity index (χ0n) is 10.0. The molecule has 0 bridgehead atoms. The SMILES string of the molecule is Cc1c(O)c(C)c(=O)n2c1-c1ccccc1C2=O. The highest BCUT2D eigenvalue weighted by atomic mass is 16.3. The quantitative estimate of drug-likeness (QED) is 0.653. The maximum absolute atomic E-state index is 12.2. The van der Waals surface area contributed by atoms with Crippen LogP contribution in [0, 0.1) is 13.8 Å². The number of hydrogen-bond acceptors (Lipinski definition) is 3. The van der Waals surface area contributed by atoms with Gasteiger partial charge in [0.2, 0.25) is 0 Å². The molecule has 1 aromatic heterocycles. The fourth-order valence-corrected chi connectivity index (χ4v) is 2.44. The summed E-state index contributed by atoms with van der Waals surface area (Å²) in [6.45, 7) is 3.23. The molecule has 0 atom stereocenters. The predicted molar refractivity (Wildman–Crippen MR) is 67.0 cm³/mol. The molecular formula is C14H11NO3. The molecule has 3 rings (SSSR count). The lowest BCUT2D eigenvalue weighted by Gasteiger charge is -2.10. The van der Waals surface area contributed by atoms with Crippen molar-refractivity contribution in [2.24, 2.45) is 0 Å². The van der Waals surface area contributed by atoms with Crippen molar-refractivity contribution in [3.8, 4) is 17.0 Å². The number of nitrogens with zero attached hydrogens (tertiary/aromatic N) is 1. The van der Waals surface area contributed by atoms with Crippen molar-refractivity contribution in [1.82, 2.24) is 4.57 Å². The van der Waals surface area contributed by atoms with E-state index < -0.39 is 5.56 Å². The lowest BCUT2D eigenvalue weighted by molar-refractivity contribution is 0.0965. The van der Waals surface area contributed by atoms with Crippen molar-refractivity contribution < 1.29 is 9.90 Å². The molecule has 4 nitrogen and oxygen atoms in total. The summed E-state index contributed by atoms with van der Waals surface area (Å²) in [5.74, 6) is -0.354. The van der Waals surface area contributed by atoms with Gasteiger partial charge in [0.05, 0.1) is 11.3 Å². The van der Waals surface area contributed by atoms with Gasteiger partial charge < -0.3 is 5.11 Å². The van der Waals surface area contributed by atoms with Crippen LogP contribution in [0.1, 0.15) is 21.5 Å². The van der Waals surface area contributed by atoms with E-state index in [-0.39, 0.29) is 17.2 Å². The molecular weight excluding hydrogens is 230 g/mol. The zero-order valence-corrected chi connectivity index (χ0v) is 10.0. The average molecular weight is 241 g/mol. The Kier molecular flexibility index (Phi) is 1.99. The van der Waals surface area contributed by atoms with Gasteiger partial charge in [0.15, 0.2) is 0 Å². The molecule has 2 heterocycles. The van der Waals surface area contributed by atoms with E-state index in [0.717, 1.165) is 4.57 Å². The van der Waals surface area contributed by atoms with Gasteiger partial charge >= 0.3 is 0 Å². The van der Waals surface area contributed by atoms with Crippen LogP contribution < -0.4 is 5.56 Å².